The van der Waals surface area contributed by atoms with Gasteiger partial charge in [-0.2, -0.15) is 5.10 Å². The Kier molecular flexibility index (Phi) is 6.67. The van der Waals surface area contributed by atoms with Gasteiger partial charge in [0, 0.05) is 11.6 Å². The quantitative estimate of drug-likeness (QED) is 0.328. The third-order valence-electron chi connectivity index (χ3n) is 5.91. The Morgan fingerprint density at radius 2 is 2.05 bits per heavy atom. The summed E-state index contributed by atoms with van der Waals surface area (Å²) < 4.78 is 39.0. The van der Waals surface area contributed by atoms with Crippen LogP contribution in [0.25, 0.3) is 22.6 Å². The van der Waals surface area contributed by atoms with Gasteiger partial charge in [0.2, 0.25) is 0 Å². The van der Waals surface area contributed by atoms with Gasteiger partial charge in [0.05, 0.1) is 37.0 Å². The van der Waals surface area contributed by atoms with Crippen molar-refractivity contribution in [1.82, 2.24) is 20.1 Å². The lowest BCUT2D eigenvalue weighted by Crippen LogP contribution is -2.21. The molecule has 0 saturated heterocycles. The van der Waals surface area contributed by atoms with Crippen LogP contribution in [0.15, 0.2) is 58.2 Å². The molecule has 190 valence electrons. The second kappa shape index (κ2) is 10.2. The molecule has 5 rings (SSSR count). The summed E-state index contributed by atoms with van der Waals surface area (Å²) in [6.45, 7) is 2.58. The molecule has 0 radical (unpaired) electrons. The molecule has 37 heavy (non-hydrogen) atoms. The number of aromatic nitrogens is 3. The molecule has 2 N–H and O–H groups in total. The minimum absolute atomic E-state index is 0.0535. The Hall–Kier alpha value is -4.54. The van der Waals surface area contributed by atoms with E-state index in [1.165, 1.54) is 12.1 Å². The van der Waals surface area contributed by atoms with Crippen LogP contribution in [0.5, 0.6) is 5.75 Å². The van der Waals surface area contributed by atoms with E-state index >= 15 is 0 Å². The van der Waals surface area contributed by atoms with Crippen molar-refractivity contribution in [3.63, 3.8) is 0 Å². The highest BCUT2D eigenvalue weighted by Crippen LogP contribution is 2.27. The summed E-state index contributed by atoms with van der Waals surface area (Å²) >= 11 is 0. The fourth-order valence-electron chi connectivity index (χ4n) is 3.99. The third-order valence-corrected chi connectivity index (χ3v) is 5.91. The van der Waals surface area contributed by atoms with E-state index < -0.39 is 23.7 Å². The molecular weight excluding hydrogens is 484 g/mol. The highest BCUT2D eigenvalue weighted by atomic mass is 19.2. The fourth-order valence-corrected chi connectivity index (χ4v) is 3.99. The van der Waals surface area contributed by atoms with E-state index in [1.807, 2.05) is 19.1 Å². The number of carboxylic acid groups (broad SMARTS) is 1. The molecule has 0 aliphatic carbocycles. The minimum Gasteiger partial charge on any atom is -0.490 e. The monoisotopic (exact) mass is 507 g/mol. The maximum atomic E-state index is 14.2. The van der Waals surface area contributed by atoms with Crippen LogP contribution in [0.4, 0.5) is 8.78 Å². The summed E-state index contributed by atoms with van der Waals surface area (Å²) in [4.78, 5) is 18.3. The highest BCUT2D eigenvalue weighted by molar-refractivity contribution is 5.80. The molecule has 3 heterocycles. The maximum Gasteiger partial charge on any atom is 0.307 e. The van der Waals surface area contributed by atoms with Gasteiger partial charge in [-0.05, 0) is 42.8 Å². The number of carbonyl (C=O) groups is 1. The van der Waals surface area contributed by atoms with E-state index in [-0.39, 0.29) is 17.8 Å². The number of benzene rings is 2. The SMILES string of the molecule is CCC(CC(=O)O)Oc1ccc(-c2cc(CN3Cc4[nH]c(-c5cccc(F)c5F)nc4C=N3)on2)cc1. The molecule has 0 bridgehead atoms. The fraction of sp³-hybridized carbons (Fsp3) is 0.231. The number of hydrogen-bond acceptors (Lipinski definition) is 7. The van der Waals surface area contributed by atoms with Crippen molar-refractivity contribution < 1.29 is 27.9 Å². The maximum absolute atomic E-state index is 14.2. The number of rotatable bonds is 9. The molecule has 4 aromatic rings. The van der Waals surface area contributed by atoms with Crippen LogP contribution in [0.1, 0.15) is 36.9 Å². The Bertz CT molecular complexity index is 1450. The number of aliphatic carboxylic acids is 1. The first kappa shape index (κ1) is 24.2. The first-order valence-electron chi connectivity index (χ1n) is 11.7. The average Bonchev–Trinajstić information content (AvgIpc) is 3.52. The number of nitrogens with zero attached hydrogens (tertiary/aromatic N) is 4. The van der Waals surface area contributed by atoms with Crippen molar-refractivity contribution in [1.29, 1.82) is 0 Å². The van der Waals surface area contributed by atoms with Gasteiger partial charge in [0.15, 0.2) is 17.4 Å². The summed E-state index contributed by atoms with van der Waals surface area (Å²) in [5.41, 5.74) is 2.78. The highest BCUT2D eigenvalue weighted by Gasteiger charge is 2.21. The number of nitrogens with one attached hydrogen (secondary N) is 1. The molecule has 11 heteroatoms. The van der Waals surface area contributed by atoms with Gasteiger partial charge < -0.3 is 19.4 Å². The number of fused-ring (bicyclic) bond motifs is 1. The van der Waals surface area contributed by atoms with Crippen LogP contribution in [-0.4, -0.2) is 43.5 Å². The molecule has 9 nitrogen and oxygen atoms in total. The molecule has 0 fully saturated rings. The molecule has 2 aromatic carbocycles. The summed E-state index contributed by atoms with van der Waals surface area (Å²) in [6.07, 6.45) is 1.68. The molecule has 1 unspecified atom stereocenters. The van der Waals surface area contributed by atoms with Crippen molar-refractivity contribution in [2.24, 2.45) is 5.10 Å². The summed E-state index contributed by atoms with van der Waals surface area (Å²) in [5, 5.41) is 19.2. The zero-order valence-corrected chi connectivity index (χ0v) is 19.8. The molecule has 2 aromatic heterocycles. The zero-order valence-electron chi connectivity index (χ0n) is 19.8. The minimum atomic E-state index is -0.957. The van der Waals surface area contributed by atoms with Crippen molar-refractivity contribution in [2.45, 2.75) is 39.0 Å². The smallest absolute Gasteiger partial charge is 0.307 e. The lowest BCUT2D eigenvalue weighted by atomic mass is 10.1. The number of imidazole rings is 1. The molecule has 1 atom stereocenters. The van der Waals surface area contributed by atoms with Crippen molar-refractivity contribution in [3.8, 4) is 28.4 Å². The Morgan fingerprint density at radius 1 is 1.24 bits per heavy atom. The van der Waals surface area contributed by atoms with Crippen molar-refractivity contribution in [2.75, 3.05) is 0 Å². The van der Waals surface area contributed by atoms with Gasteiger partial charge in [-0.3, -0.25) is 9.80 Å². The summed E-state index contributed by atoms with van der Waals surface area (Å²) in [6, 6.07) is 12.9. The Labute approximate surface area is 210 Å². The van der Waals surface area contributed by atoms with Crippen LogP contribution in [0, 0.1) is 11.6 Å². The van der Waals surface area contributed by atoms with Crippen LogP contribution in [-0.2, 0) is 17.9 Å². The van der Waals surface area contributed by atoms with E-state index in [9.17, 15) is 13.6 Å². The molecule has 1 aliphatic heterocycles. The van der Waals surface area contributed by atoms with Crippen LogP contribution < -0.4 is 4.74 Å². The van der Waals surface area contributed by atoms with Crippen molar-refractivity contribution >= 4 is 12.2 Å². The van der Waals surface area contributed by atoms with Crippen LogP contribution in [0.2, 0.25) is 0 Å². The van der Waals surface area contributed by atoms with Gasteiger partial charge in [-0.25, -0.2) is 13.8 Å². The second-order valence-corrected chi connectivity index (χ2v) is 8.57. The van der Waals surface area contributed by atoms with E-state index in [0.29, 0.717) is 42.4 Å². The normalized spacial score (nSPS) is 13.4. The Morgan fingerprint density at radius 3 is 2.81 bits per heavy atom. The molecule has 0 amide bonds. The number of hydrazone groups is 1. The summed E-state index contributed by atoms with van der Waals surface area (Å²) in [7, 11) is 0. The van der Waals surface area contributed by atoms with Crippen LogP contribution in [0.3, 0.4) is 0 Å². The van der Waals surface area contributed by atoms with E-state index in [1.54, 1.807) is 29.4 Å². The summed E-state index contributed by atoms with van der Waals surface area (Å²) in [5.74, 6) is -1.40. The molecule has 0 spiro atoms. The van der Waals surface area contributed by atoms with E-state index in [0.717, 1.165) is 17.3 Å². The van der Waals surface area contributed by atoms with Gasteiger partial charge in [0.25, 0.3) is 0 Å². The zero-order chi connectivity index (χ0) is 25.9. The lowest BCUT2D eigenvalue weighted by molar-refractivity contribution is -0.138. The first-order chi connectivity index (χ1) is 17.9. The largest absolute Gasteiger partial charge is 0.490 e. The standard InChI is InChI=1S/C26H23F2N5O4/c1-2-16(11-24(34)35)36-17-8-6-15(7-9-17)21-10-18(37-32-21)13-33-14-23-22(12-29-33)30-26(31-23)19-4-3-5-20(27)25(19)28/h3-10,12,16H,2,11,13-14H2,1H3,(H,30,31)(H,34,35). The number of hydrogen-bond donors (Lipinski definition) is 2. The van der Waals surface area contributed by atoms with Crippen molar-refractivity contribution in [3.05, 3.63) is 77.3 Å². The number of H-pyrrole nitrogens is 1. The number of halogens is 2. The first-order valence-corrected chi connectivity index (χ1v) is 11.7. The predicted octanol–water partition coefficient (Wildman–Crippen LogP) is 4.99. The number of carboxylic acids is 1. The predicted molar refractivity (Wildman–Crippen MR) is 130 cm³/mol. The average molecular weight is 507 g/mol. The van der Waals surface area contributed by atoms with Gasteiger partial charge in [-0.15, -0.1) is 0 Å². The van der Waals surface area contributed by atoms with Crippen LogP contribution >= 0.6 is 0 Å². The van der Waals surface area contributed by atoms with Gasteiger partial charge in [-0.1, -0.05) is 18.1 Å². The van der Waals surface area contributed by atoms with E-state index in [4.69, 9.17) is 14.4 Å². The molecular formula is C26H23F2N5O4. The number of ether oxygens (including phenoxy) is 1. The van der Waals surface area contributed by atoms with Gasteiger partial charge in [0.1, 0.15) is 29.1 Å². The lowest BCUT2D eigenvalue weighted by Gasteiger charge is -2.19. The second-order valence-electron chi connectivity index (χ2n) is 8.57. The van der Waals surface area contributed by atoms with E-state index in [2.05, 4.69) is 20.2 Å². The number of aromatic amines is 1. The molecule has 1 aliphatic rings. The Balaban J connectivity index is 1.23. The third kappa shape index (κ3) is 5.35. The molecule has 0 saturated carbocycles. The van der Waals surface area contributed by atoms with Gasteiger partial charge >= 0.3 is 5.97 Å². The topological polar surface area (TPSA) is 117 Å².